The topological polar surface area (TPSA) is 38.3 Å². The summed E-state index contributed by atoms with van der Waals surface area (Å²) in [7, 11) is 1.44. The highest BCUT2D eigenvalue weighted by Crippen LogP contribution is 2.24. The average Bonchev–Trinajstić information content (AvgIpc) is 2.50. The van der Waals surface area contributed by atoms with Crippen molar-refractivity contribution in [3.63, 3.8) is 0 Å². The number of hydrogen-bond acceptors (Lipinski definition) is 3. The minimum Gasteiger partial charge on any atom is -0.467 e. The van der Waals surface area contributed by atoms with Crippen molar-refractivity contribution in [1.29, 1.82) is 0 Å². The molecule has 3 heteroatoms. The first kappa shape index (κ1) is 14.4. The van der Waals surface area contributed by atoms with Gasteiger partial charge in [-0.2, -0.15) is 0 Å². The number of carbonyl (C=O) groups is 1. The molecule has 20 heavy (non-hydrogen) atoms. The highest BCUT2D eigenvalue weighted by molar-refractivity contribution is 5.95. The molecule has 0 heterocycles. The monoisotopic (exact) mass is 271 g/mol. The predicted molar refractivity (Wildman–Crippen MR) is 82.9 cm³/mol. The van der Waals surface area contributed by atoms with Gasteiger partial charge in [0.1, 0.15) is 6.04 Å². The maximum absolute atomic E-state index is 11.9. The molecule has 0 aliphatic rings. The SMILES string of the molecule is CCCCC(Nc1cccc2ccccc12)C(=O)OC. The highest BCUT2D eigenvalue weighted by atomic mass is 16.5. The molecule has 0 saturated carbocycles. The Morgan fingerprint density at radius 1 is 1.20 bits per heavy atom. The van der Waals surface area contributed by atoms with Gasteiger partial charge in [-0.15, -0.1) is 0 Å². The number of esters is 1. The van der Waals surface area contributed by atoms with Crippen molar-refractivity contribution in [3.05, 3.63) is 42.5 Å². The largest absolute Gasteiger partial charge is 0.467 e. The van der Waals surface area contributed by atoms with Gasteiger partial charge in [0.2, 0.25) is 0 Å². The molecule has 0 spiro atoms. The number of ether oxygens (including phenoxy) is 1. The third-order valence-electron chi connectivity index (χ3n) is 3.45. The smallest absolute Gasteiger partial charge is 0.328 e. The number of carbonyl (C=O) groups excluding carboxylic acids is 1. The molecular weight excluding hydrogens is 250 g/mol. The number of fused-ring (bicyclic) bond motifs is 1. The Labute approximate surface area is 119 Å². The number of benzene rings is 2. The van der Waals surface area contributed by atoms with Crippen LogP contribution in [0.5, 0.6) is 0 Å². The fourth-order valence-electron chi connectivity index (χ4n) is 2.34. The van der Waals surface area contributed by atoms with Crippen LogP contribution >= 0.6 is 0 Å². The van der Waals surface area contributed by atoms with Gasteiger partial charge in [0, 0.05) is 11.1 Å². The van der Waals surface area contributed by atoms with E-state index in [0.29, 0.717) is 0 Å². The Hall–Kier alpha value is -2.03. The van der Waals surface area contributed by atoms with Crippen molar-refractivity contribution in [2.75, 3.05) is 12.4 Å². The highest BCUT2D eigenvalue weighted by Gasteiger charge is 2.18. The van der Waals surface area contributed by atoms with E-state index in [9.17, 15) is 4.79 Å². The summed E-state index contributed by atoms with van der Waals surface area (Å²) >= 11 is 0. The Balaban J connectivity index is 2.25. The van der Waals surface area contributed by atoms with E-state index in [2.05, 4.69) is 30.4 Å². The summed E-state index contributed by atoms with van der Waals surface area (Å²) in [5, 5.41) is 5.62. The van der Waals surface area contributed by atoms with Gasteiger partial charge in [0.25, 0.3) is 0 Å². The molecule has 1 N–H and O–H groups in total. The Kier molecular flexibility index (Phi) is 4.99. The van der Waals surface area contributed by atoms with Crippen LogP contribution in [0.4, 0.5) is 5.69 Å². The van der Waals surface area contributed by atoms with Crippen molar-refractivity contribution in [3.8, 4) is 0 Å². The average molecular weight is 271 g/mol. The lowest BCUT2D eigenvalue weighted by Crippen LogP contribution is -2.30. The van der Waals surface area contributed by atoms with Crippen LogP contribution < -0.4 is 5.32 Å². The summed E-state index contributed by atoms with van der Waals surface area (Å²) in [4.78, 5) is 11.9. The molecule has 2 rings (SSSR count). The molecule has 106 valence electrons. The summed E-state index contributed by atoms with van der Waals surface area (Å²) in [5.74, 6) is -0.202. The third-order valence-corrected chi connectivity index (χ3v) is 3.45. The summed E-state index contributed by atoms with van der Waals surface area (Å²) < 4.78 is 4.89. The molecule has 0 aromatic heterocycles. The van der Waals surface area contributed by atoms with Gasteiger partial charge in [0.05, 0.1) is 7.11 Å². The molecule has 0 aliphatic heterocycles. The zero-order chi connectivity index (χ0) is 14.4. The molecule has 0 fully saturated rings. The third kappa shape index (κ3) is 3.29. The second-order valence-corrected chi connectivity index (χ2v) is 4.89. The van der Waals surface area contributed by atoms with E-state index in [1.54, 1.807) is 0 Å². The number of unbranched alkanes of at least 4 members (excludes halogenated alkanes) is 1. The van der Waals surface area contributed by atoms with E-state index in [1.165, 1.54) is 7.11 Å². The molecule has 0 aliphatic carbocycles. The quantitative estimate of drug-likeness (QED) is 0.807. The number of rotatable bonds is 6. The molecule has 1 atom stereocenters. The van der Waals surface area contributed by atoms with Crippen LogP contribution in [-0.4, -0.2) is 19.1 Å². The van der Waals surface area contributed by atoms with Crippen LogP contribution in [0.15, 0.2) is 42.5 Å². The maximum Gasteiger partial charge on any atom is 0.328 e. The van der Waals surface area contributed by atoms with E-state index in [-0.39, 0.29) is 12.0 Å². The zero-order valence-corrected chi connectivity index (χ0v) is 12.1. The number of hydrogen-bond donors (Lipinski definition) is 1. The Bertz CT molecular complexity index is 575. The van der Waals surface area contributed by atoms with Crippen molar-refractivity contribution >= 4 is 22.4 Å². The molecule has 2 aromatic rings. The van der Waals surface area contributed by atoms with Gasteiger partial charge in [-0.25, -0.2) is 4.79 Å². The van der Waals surface area contributed by atoms with E-state index in [1.807, 2.05) is 24.3 Å². The fraction of sp³-hybridized carbons (Fsp3) is 0.353. The number of methoxy groups -OCH3 is 1. The maximum atomic E-state index is 11.9. The molecule has 0 amide bonds. The van der Waals surface area contributed by atoms with Crippen molar-refractivity contribution in [2.45, 2.75) is 32.2 Å². The lowest BCUT2D eigenvalue weighted by atomic mass is 10.1. The van der Waals surface area contributed by atoms with Gasteiger partial charge in [-0.3, -0.25) is 0 Å². The van der Waals surface area contributed by atoms with Crippen molar-refractivity contribution < 1.29 is 9.53 Å². The van der Waals surface area contributed by atoms with Gasteiger partial charge in [-0.05, 0) is 17.9 Å². The predicted octanol–water partition coefficient (Wildman–Crippen LogP) is 3.98. The van der Waals surface area contributed by atoms with Gasteiger partial charge < -0.3 is 10.1 Å². The van der Waals surface area contributed by atoms with E-state index in [4.69, 9.17) is 4.74 Å². The van der Waals surface area contributed by atoms with Crippen LogP contribution in [-0.2, 0) is 9.53 Å². The first-order valence-electron chi connectivity index (χ1n) is 7.08. The van der Waals surface area contributed by atoms with Crippen LogP contribution in [0.3, 0.4) is 0 Å². The first-order valence-corrected chi connectivity index (χ1v) is 7.08. The summed E-state index contributed by atoms with van der Waals surface area (Å²) in [6.45, 7) is 2.12. The second-order valence-electron chi connectivity index (χ2n) is 4.89. The fourth-order valence-corrected chi connectivity index (χ4v) is 2.34. The minimum absolute atomic E-state index is 0.202. The lowest BCUT2D eigenvalue weighted by Gasteiger charge is -2.18. The van der Waals surface area contributed by atoms with Gasteiger partial charge >= 0.3 is 5.97 Å². The molecule has 1 unspecified atom stereocenters. The second kappa shape index (κ2) is 6.94. The van der Waals surface area contributed by atoms with Crippen molar-refractivity contribution in [1.82, 2.24) is 0 Å². The lowest BCUT2D eigenvalue weighted by molar-refractivity contribution is -0.141. The first-order chi connectivity index (χ1) is 9.76. The number of anilines is 1. The molecule has 0 radical (unpaired) electrons. The number of nitrogens with one attached hydrogen (secondary N) is 1. The van der Waals surface area contributed by atoms with Crippen LogP contribution in [0.25, 0.3) is 10.8 Å². The minimum atomic E-state index is -0.286. The van der Waals surface area contributed by atoms with E-state index in [0.717, 1.165) is 35.7 Å². The molecule has 3 nitrogen and oxygen atoms in total. The van der Waals surface area contributed by atoms with E-state index >= 15 is 0 Å². The van der Waals surface area contributed by atoms with Gasteiger partial charge in [-0.1, -0.05) is 56.2 Å². The molecule has 2 aromatic carbocycles. The van der Waals surface area contributed by atoms with Crippen LogP contribution in [0, 0.1) is 0 Å². The standard InChI is InChI=1S/C17H21NO2/c1-3-4-11-16(17(19)20-2)18-15-12-7-9-13-8-5-6-10-14(13)15/h5-10,12,16,18H,3-4,11H2,1-2H3. The molecule has 0 saturated heterocycles. The van der Waals surface area contributed by atoms with Crippen molar-refractivity contribution in [2.24, 2.45) is 0 Å². The summed E-state index contributed by atoms with van der Waals surface area (Å²) in [5.41, 5.74) is 0.981. The van der Waals surface area contributed by atoms with E-state index < -0.39 is 0 Å². The summed E-state index contributed by atoms with van der Waals surface area (Å²) in [6, 6.07) is 13.9. The summed E-state index contributed by atoms with van der Waals surface area (Å²) in [6.07, 6.45) is 2.84. The van der Waals surface area contributed by atoms with Crippen LogP contribution in [0.2, 0.25) is 0 Å². The Morgan fingerprint density at radius 3 is 2.70 bits per heavy atom. The van der Waals surface area contributed by atoms with Gasteiger partial charge in [0.15, 0.2) is 0 Å². The molecule has 0 bridgehead atoms. The zero-order valence-electron chi connectivity index (χ0n) is 12.1. The Morgan fingerprint density at radius 2 is 1.95 bits per heavy atom. The normalized spacial score (nSPS) is 12.1. The van der Waals surface area contributed by atoms with Crippen LogP contribution in [0.1, 0.15) is 26.2 Å². The molecular formula is C17H21NO2.